The molecule has 3 unspecified atom stereocenters. The third-order valence-corrected chi connectivity index (χ3v) is 6.15. The number of anilines is 1. The van der Waals surface area contributed by atoms with Crippen molar-refractivity contribution >= 4 is 50.9 Å². The highest BCUT2D eigenvalue weighted by molar-refractivity contribution is 14.2. The highest BCUT2D eigenvalue weighted by atomic mass is 127. The van der Waals surface area contributed by atoms with Gasteiger partial charge in [-0.05, 0) is 42.7 Å². The second-order valence-corrected chi connectivity index (χ2v) is 12.2. The molecule has 0 N–H and O–H groups in total. The van der Waals surface area contributed by atoms with Gasteiger partial charge in [0, 0.05) is 77.9 Å². The fraction of sp³-hybridized carbons (Fsp3) is 0.579. The van der Waals surface area contributed by atoms with Crippen molar-refractivity contribution in [2.75, 3.05) is 37.6 Å². The number of halogens is 3. The number of nitrogens with zero attached hydrogens (tertiary/aromatic N) is 2. The molecule has 0 amide bonds. The first kappa shape index (κ1) is 18.3. The van der Waals surface area contributed by atoms with E-state index in [4.69, 9.17) is 4.74 Å². The maximum absolute atomic E-state index is 13.9. The molecule has 0 spiro atoms. The van der Waals surface area contributed by atoms with Crippen molar-refractivity contribution < 1.29 is 9.13 Å². The number of hydrogen-bond donors (Lipinski definition) is 0. The molecular formula is C19H23FI2N2O. The molecule has 1 saturated carbocycles. The second-order valence-electron chi connectivity index (χ2n) is 7.34. The molecule has 1 aromatic rings. The number of hydrogen-bond acceptors (Lipinski definition) is 3. The molecule has 136 valence electrons. The summed E-state index contributed by atoms with van der Waals surface area (Å²) in [5.74, 6) is 3.15. The van der Waals surface area contributed by atoms with Crippen LogP contribution in [0.25, 0.3) is 0 Å². The summed E-state index contributed by atoms with van der Waals surface area (Å²) in [5, 5.41) is 0. The average Bonchev–Trinajstić information content (AvgIpc) is 3.18. The molecule has 1 saturated heterocycles. The van der Waals surface area contributed by atoms with E-state index in [1.165, 1.54) is 19.4 Å². The molecule has 0 aromatic heterocycles. The Morgan fingerprint density at radius 2 is 1.84 bits per heavy atom. The van der Waals surface area contributed by atoms with Crippen LogP contribution in [-0.4, -0.2) is 39.5 Å². The van der Waals surface area contributed by atoms with Crippen LogP contribution in [-0.2, 0) is 0 Å². The van der Waals surface area contributed by atoms with E-state index >= 15 is 0 Å². The summed E-state index contributed by atoms with van der Waals surface area (Å²) >= 11 is 3.35. The summed E-state index contributed by atoms with van der Waals surface area (Å²) < 4.78 is 17.7. The number of piperazine rings is 1. The molecule has 6 heteroatoms. The van der Waals surface area contributed by atoms with E-state index in [0.29, 0.717) is 5.75 Å². The van der Waals surface area contributed by atoms with Gasteiger partial charge in [0.15, 0.2) is 0 Å². The quantitative estimate of drug-likeness (QED) is 0.287. The van der Waals surface area contributed by atoms with E-state index < -0.39 is 1.87 Å². The third kappa shape index (κ3) is 4.43. The molecule has 3 atom stereocenters. The monoisotopic (exact) mass is 568 g/mol. The van der Waals surface area contributed by atoms with Gasteiger partial charge in [0.05, 0.1) is 5.69 Å². The third-order valence-electron chi connectivity index (χ3n) is 5.71. The molecule has 1 aliphatic heterocycles. The first-order valence-corrected chi connectivity index (χ1v) is 11.1. The van der Waals surface area contributed by atoms with E-state index in [1.807, 2.05) is 24.3 Å². The summed E-state index contributed by atoms with van der Waals surface area (Å²) in [6.45, 7) is 5.31. The van der Waals surface area contributed by atoms with E-state index in [-0.39, 0.29) is 0 Å². The molecule has 2 aliphatic carbocycles. The van der Waals surface area contributed by atoms with E-state index in [9.17, 15) is 4.39 Å². The number of allylic oxidation sites excluding steroid dienone is 2. The summed E-state index contributed by atoms with van der Waals surface area (Å²) in [7, 11) is 0. The zero-order valence-electron chi connectivity index (χ0n) is 14.1. The van der Waals surface area contributed by atoms with Crippen LogP contribution in [0.5, 0.6) is 5.75 Å². The molecule has 0 radical (unpaired) electrons. The van der Waals surface area contributed by atoms with Gasteiger partial charge in [-0.25, -0.2) is 0 Å². The van der Waals surface area contributed by atoms with Crippen LogP contribution >= 0.6 is 45.2 Å². The molecule has 1 heterocycles. The summed E-state index contributed by atoms with van der Waals surface area (Å²) in [6, 6.07) is 7.78. The lowest BCUT2D eigenvalue weighted by Crippen LogP contribution is -2.48. The molecule has 3 nitrogen and oxygen atoms in total. The fourth-order valence-electron chi connectivity index (χ4n) is 4.54. The second kappa shape index (κ2) is 7.50. The van der Waals surface area contributed by atoms with E-state index in [1.54, 1.807) is 45.2 Å². The van der Waals surface area contributed by atoms with Crippen LogP contribution < -0.4 is 9.64 Å². The number of para-hydroxylation sites is 2. The number of rotatable bonds is 5. The first-order chi connectivity index (χ1) is 12.0. The van der Waals surface area contributed by atoms with Gasteiger partial charge < -0.3 is 9.64 Å². The summed E-state index contributed by atoms with van der Waals surface area (Å²) in [4.78, 5) is 4.93. The van der Waals surface area contributed by atoms with Crippen LogP contribution in [0.4, 0.5) is 10.1 Å². The van der Waals surface area contributed by atoms with Crippen molar-refractivity contribution in [2.24, 2.45) is 17.8 Å². The van der Waals surface area contributed by atoms with Gasteiger partial charge in [-0.15, -0.1) is 0 Å². The zero-order valence-corrected chi connectivity index (χ0v) is 18.4. The van der Waals surface area contributed by atoms with E-state index in [0.717, 1.165) is 49.6 Å². The Bertz CT molecular complexity index is 641. The SMILES string of the molecule is FC(I)(I)Oc1ccccc1N1CCN(CC2CC3C=CC2C3)CC1. The fourth-order valence-corrected chi connectivity index (χ4v) is 5.01. The Kier molecular flexibility index (Phi) is 5.48. The minimum absolute atomic E-state index is 0.625. The topological polar surface area (TPSA) is 15.7 Å². The van der Waals surface area contributed by atoms with Crippen molar-refractivity contribution in [3.8, 4) is 5.75 Å². The normalized spacial score (nSPS) is 29.4. The molecule has 25 heavy (non-hydrogen) atoms. The lowest BCUT2D eigenvalue weighted by Gasteiger charge is -2.38. The smallest absolute Gasteiger partial charge is 0.350 e. The van der Waals surface area contributed by atoms with Crippen LogP contribution in [0.3, 0.4) is 0 Å². The van der Waals surface area contributed by atoms with Crippen molar-refractivity contribution in [2.45, 2.75) is 14.7 Å². The number of fused-ring (bicyclic) bond motifs is 2. The Hall–Kier alpha value is -0.0900. The molecule has 3 aliphatic rings. The highest BCUT2D eigenvalue weighted by Crippen LogP contribution is 2.44. The maximum atomic E-state index is 13.9. The Labute approximate surface area is 176 Å². The van der Waals surface area contributed by atoms with Crippen LogP contribution in [0.15, 0.2) is 36.4 Å². The van der Waals surface area contributed by atoms with Crippen LogP contribution in [0.1, 0.15) is 12.8 Å². The minimum atomic E-state index is -1.72. The predicted molar refractivity (Wildman–Crippen MR) is 116 cm³/mol. The lowest BCUT2D eigenvalue weighted by atomic mass is 9.93. The van der Waals surface area contributed by atoms with E-state index in [2.05, 4.69) is 22.0 Å². The number of alkyl halides is 3. The summed E-state index contributed by atoms with van der Waals surface area (Å²) in [6.07, 6.45) is 7.62. The van der Waals surface area contributed by atoms with Gasteiger partial charge in [-0.2, -0.15) is 4.39 Å². The number of ether oxygens (including phenoxy) is 1. The van der Waals surface area contributed by atoms with Crippen LogP contribution in [0, 0.1) is 17.8 Å². The average molecular weight is 568 g/mol. The minimum Gasteiger partial charge on any atom is -0.440 e. The van der Waals surface area contributed by atoms with Crippen molar-refractivity contribution in [3.05, 3.63) is 36.4 Å². The van der Waals surface area contributed by atoms with Gasteiger partial charge in [0.2, 0.25) is 0 Å². The molecule has 4 rings (SSSR count). The van der Waals surface area contributed by atoms with Crippen molar-refractivity contribution in [3.63, 3.8) is 0 Å². The molecule has 2 bridgehead atoms. The van der Waals surface area contributed by atoms with Crippen molar-refractivity contribution in [1.29, 1.82) is 0 Å². The molecule has 1 aromatic carbocycles. The van der Waals surface area contributed by atoms with Gasteiger partial charge in [0.1, 0.15) is 5.75 Å². The number of benzene rings is 1. The Morgan fingerprint density at radius 3 is 2.48 bits per heavy atom. The predicted octanol–water partition coefficient (Wildman–Crippen LogP) is 4.85. The maximum Gasteiger partial charge on any atom is 0.350 e. The van der Waals surface area contributed by atoms with Crippen molar-refractivity contribution in [1.82, 2.24) is 4.90 Å². The highest BCUT2D eigenvalue weighted by Gasteiger charge is 2.36. The van der Waals surface area contributed by atoms with Crippen LogP contribution in [0.2, 0.25) is 0 Å². The Morgan fingerprint density at radius 1 is 1.08 bits per heavy atom. The summed E-state index contributed by atoms with van der Waals surface area (Å²) in [5.41, 5.74) is 1.00. The van der Waals surface area contributed by atoms with Gasteiger partial charge in [-0.1, -0.05) is 24.3 Å². The lowest BCUT2D eigenvalue weighted by molar-refractivity contribution is 0.154. The zero-order chi connectivity index (χ0) is 17.4. The largest absolute Gasteiger partial charge is 0.440 e. The molecule has 2 fully saturated rings. The first-order valence-electron chi connectivity index (χ1n) is 8.98. The van der Waals surface area contributed by atoms with Gasteiger partial charge >= 0.3 is 1.87 Å². The molecular weight excluding hydrogens is 545 g/mol. The Balaban J connectivity index is 1.35. The van der Waals surface area contributed by atoms with Gasteiger partial charge in [-0.3, -0.25) is 4.90 Å². The standard InChI is InChI=1S/C19H23FI2N2O/c20-19(21,22)25-18-4-2-1-3-17(18)24-9-7-23(8-10-24)13-16-12-14-5-6-15(16)11-14/h1-6,14-16H,7-13H2. The van der Waals surface area contributed by atoms with Gasteiger partial charge in [0.25, 0.3) is 0 Å².